The minimum absolute atomic E-state index is 0.0303. The molecule has 238 valence electrons. The Kier molecular flexibility index (Phi) is 10.4. The highest BCUT2D eigenvalue weighted by Gasteiger charge is 2.49. The third-order valence-electron chi connectivity index (χ3n) is 8.08. The van der Waals surface area contributed by atoms with Crippen LogP contribution < -0.4 is 4.74 Å². The third-order valence-corrected chi connectivity index (χ3v) is 8.08. The Labute approximate surface area is 244 Å². The molecule has 2 aliphatic rings. The molecule has 2 aromatic carbocycles. The van der Waals surface area contributed by atoms with Crippen LogP contribution in [0.4, 0.5) is 39.5 Å². The van der Waals surface area contributed by atoms with Crippen molar-refractivity contribution in [1.82, 2.24) is 0 Å². The van der Waals surface area contributed by atoms with Gasteiger partial charge in [-0.1, -0.05) is 30.3 Å². The fourth-order valence-corrected chi connectivity index (χ4v) is 5.60. The number of alkyl halides is 6. The molecule has 2 saturated carbocycles. The molecule has 2 fully saturated rings. The first-order valence-corrected chi connectivity index (χ1v) is 14.2. The van der Waals surface area contributed by atoms with Crippen LogP contribution >= 0.6 is 0 Å². The molecule has 12 heteroatoms. The van der Waals surface area contributed by atoms with Crippen molar-refractivity contribution >= 4 is 0 Å². The van der Waals surface area contributed by atoms with Crippen LogP contribution in [0.15, 0.2) is 49.1 Å². The van der Waals surface area contributed by atoms with E-state index in [4.69, 9.17) is 9.47 Å². The molecule has 3 nitrogen and oxygen atoms in total. The SMILES string of the molecule is C=CCCc1ccc(C(F)(F)OC2CCC(C(F)(F)OC3CCC(C(F)(F)Oc4cc(F)c(F)c(F)c4)CC3)CC2)cc1. The zero-order chi connectivity index (χ0) is 31.4. The Morgan fingerprint density at radius 3 is 1.70 bits per heavy atom. The van der Waals surface area contributed by atoms with Crippen LogP contribution in [0.25, 0.3) is 0 Å². The quantitative estimate of drug-likeness (QED) is 0.134. The number of aryl methyl sites for hydroxylation is 1. The zero-order valence-electron chi connectivity index (χ0n) is 23.3. The lowest BCUT2D eigenvalue weighted by Gasteiger charge is -2.38. The van der Waals surface area contributed by atoms with Gasteiger partial charge in [0, 0.05) is 12.1 Å². The first-order chi connectivity index (χ1) is 20.2. The van der Waals surface area contributed by atoms with E-state index >= 15 is 0 Å². The number of ether oxygens (including phenoxy) is 3. The molecule has 4 rings (SSSR count). The third kappa shape index (κ3) is 8.47. The molecular formula is C31H33F9O3. The first kappa shape index (κ1) is 33.2. The summed E-state index contributed by atoms with van der Waals surface area (Å²) >= 11 is 0. The van der Waals surface area contributed by atoms with Gasteiger partial charge in [-0.15, -0.1) is 6.58 Å². The maximum absolute atomic E-state index is 15.0. The Morgan fingerprint density at radius 2 is 1.19 bits per heavy atom. The summed E-state index contributed by atoms with van der Waals surface area (Å²) in [4.78, 5) is 0. The van der Waals surface area contributed by atoms with Crippen molar-refractivity contribution in [3.8, 4) is 5.75 Å². The van der Waals surface area contributed by atoms with Crippen molar-refractivity contribution in [1.29, 1.82) is 0 Å². The fraction of sp³-hybridized carbons (Fsp3) is 0.548. The summed E-state index contributed by atoms with van der Waals surface area (Å²) in [6.45, 7) is 3.63. The maximum Gasteiger partial charge on any atom is 0.400 e. The normalized spacial score (nSPS) is 23.7. The lowest BCUT2D eigenvalue weighted by atomic mass is 9.85. The zero-order valence-corrected chi connectivity index (χ0v) is 23.3. The van der Waals surface area contributed by atoms with Crippen LogP contribution in [0.5, 0.6) is 5.75 Å². The number of rotatable bonds is 12. The fourth-order valence-electron chi connectivity index (χ4n) is 5.60. The summed E-state index contributed by atoms with van der Waals surface area (Å²) in [5, 5.41) is 0. The molecule has 0 aromatic heterocycles. The second-order valence-electron chi connectivity index (χ2n) is 11.2. The van der Waals surface area contributed by atoms with Gasteiger partial charge in [-0.25, -0.2) is 13.2 Å². The highest BCUT2D eigenvalue weighted by atomic mass is 19.3. The van der Waals surface area contributed by atoms with E-state index < -0.39 is 65.6 Å². The van der Waals surface area contributed by atoms with Crippen molar-refractivity contribution in [3.63, 3.8) is 0 Å². The molecule has 0 atom stereocenters. The molecule has 0 spiro atoms. The summed E-state index contributed by atoms with van der Waals surface area (Å²) in [5.74, 6) is -8.81. The molecule has 2 aliphatic carbocycles. The minimum atomic E-state index is -3.89. The smallest absolute Gasteiger partial charge is 0.400 e. The molecule has 0 radical (unpaired) electrons. The van der Waals surface area contributed by atoms with Gasteiger partial charge in [-0.2, -0.15) is 26.3 Å². The van der Waals surface area contributed by atoms with Crippen LogP contribution in [0.1, 0.15) is 68.9 Å². The molecule has 2 aromatic rings. The van der Waals surface area contributed by atoms with Gasteiger partial charge in [0.2, 0.25) is 0 Å². The largest absolute Gasteiger partial charge is 0.432 e. The minimum Gasteiger partial charge on any atom is -0.432 e. The number of hydrogen-bond acceptors (Lipinski definition) is 3. The van der Waals surface area contributed by atoms with Gasteiger partial charge in [0.05, 0.1) is 29.6 Å². The monoisotopic (exact) mass is 624 g/mol. The second-order valence-corrected chi connectivity index (χ2v) is 11.2. The second kappa shape index (κ2) is 13.5. The van der Waals surface area contributed by atoms with Crippen LogP contribution in [0.2, 0.25) is 0 Å². The summed E-state index contributed by atoms with van der Waals surface area (Å²) in [6.07, 6.45) is -11.1. The molecule has 0 saturated heterocycles. The first-order valence-electron chi connectivity index (χ1n) is 14.2. The maximum atomic E-state index is 15.0. The van der Waals surface area contributed by atoms with Gasteiger partial charge in [-0.05, 0) is 69.8 Å². The van der Waals surface area contributed by atoms with Crippen molar-refractivity contribution in [2.75, 3.05) is 0 Å². The highest BCUT2D eigenvalue weighted by Crippen LogP contribution is 2.45. The lowest BCUT2D eigenvalue weighted by molar-refractivity contribution is -0.314. The van der Waals surface area contributed by atoms with Gasteiger partial charge in [-0.3, -0.25) is 0 Å². The molecule has 0 bridgehead atoms. The van der Waals surface area contributed by atoms with Crippen molar-refractivity contribution in [2.45, 2.75) is 94.7 Å². The molecule has 0 aliphatic heterocycles. The van der Waals surface area contributed by atoms with Crippen molar-refractivity contribution in [3.05, 3.63) is 77.6 Å². The van der Waals surface area contributed by atoms with Gasteiger partial charge in [0.15, 0.2) is 17.5 Å². The van der Waals surface area contributed by atoms with E-state index in [0.717, 1.165) is 5.56 Å². The number of hydrogen-bond donors (Lipinski definition) is 0. The predicted octanol–water partition coefficient (Wildman–Crippen LogP) is 9.69. The Bertz CT molecular complexity index is 1200. The van der Waals surface area contributed by atoms with E-state index in [1.807, 2.05) is 0 Å². The molecule has 43 heavy (non-hydrogen) atoms. The number of allylic oxidation sites excluding steroid dienone is 1. The average molecular weight is 625 g/mol. The van der Waals surface area contributed by atoms with E-state index in [9.17, 15) is 39.5 Å². The predicted molar refractivity (Wildman–Crippen MR) is 139 cm³/mol. The van der Waals surface area contributed by atoms with Gasteiger partial charge in [0.1, 0.15) is 5.75 Å². The highest BCUT2D eigenvalue weighted by molar-refractivity contribution is 5.26. The van der Waals surface area contributed by atoms with Crippen molar-refractivity contribution in [2.24, 2.45) is 11.8 Å². The summed E-state index contributed by atoms with van der Waals surface area (Å²) in [5.41, 5.74) is 0.547. The Hall–Kier alpha value is -2.73. The van der Waals surface area contributed by atoms with E-state index in [1.165, 1.54) is 12.1 Å². The summed E-state index contributed by atoms with van der Waals surface area (Å²) in [7, 11) is 0. The molecule has 0 amide bonds. The summed E-state index contributed by atoms with van der Waals surface area (Å²) in [6, 6.07) is 6.33. The Balaban J connectivity index is 1.23. The van der Waals surface area contributed by atoms with Gasteiger partial charge in [0.25, 0.3) is 0 Å². The molecule has 0 N–H and O–H groups in total. The lowest BCUT2D eigenvalue weighted by Crippen LogP contribution is -2.43. The van der Waals surface area contributed by atoms with E-state index in [-0.39, 0.29) is 56.9 Å². The number of halogens is 9. The molecule has 0 unspecified atom stereocenters. The topological polar surface area (TPSA) is 27.7 Å². The Morgan fingerprint density at radius 1 is 0.698 bits per heavy atom. The number of benzene rings is 2. The summed E-state index contributed by atoms with van der Waals surface area (Å²) < 4.78 is 143. The van der Waals surface area contributed by atoms with Crippen LogP contribution in [0.3, 0.4) is 0 Å². The standard InChI is InChI=1S/C31H33F9O3/c1-2-3-4-19-5-7-20(8-6-19)29(35,36)41-23-13-9-21(10-14-23)30(37,38)42-24-15-11-22(12-16-24)31(39,40)43-25-17-26(32)28(34)27(33)18-25/h2,5-8,17-18,21-24H,1,3-4,9-16H2. The molecular weight excluding hydrogens is 591 g/mol. The van der Waals surface area contributed by atoms with Gasteiger partial charge < -0.3 is 14.2 Å². The molecule has 0 heterocycles. The van der Waals surface area contributed by atoms with E-state index in [1.54, 1.807) is 18.2 Å². The van der Waals surface area contributed by atoms with Crippen LogP contribution in [-0.2, 0) is 22.0 Å². The van der Waals surface area contributed by atoms with Crippen molar-refractivity contribution < 1.29 is 53.7 Å². The average Bonchev–Trinajstić information content (AvgIpc) is 2.95. The van der Waals surface area contributed by atoms with Gasteiger partial charge >= 0.3 is 18.3 Å². The van der Waals surface area contributed by atoms with Crippen LogP contribution in [-0.4, -0.2) is 24.4 Å². The van der Waals surface area contributed by atoms with E-state index in [2.05, 4.69) is 11.3 Å². The van der Waals surface area contributed by atoms with E-state index in [0.29, 0.717) is 25.0 Å². The van der Waals surface area contributed by atoms with Crippen LogP contribution in [0, 0.1) is 29.3 Å².